The summed E-state index contributed by atoms with van der Waals surface area (Å²) in [6.07, 6.45) is 0.410. The fourth-order valence-electron chi connectivity index (χ4n) is 1.71. The van der Waals surface area contributed by atoms with Gasteiger partial charge in [0.1, 0.15) is 10.4 Å². The molecule has 80 valence electrons. The van der Waals surface area contributed by atoms with Crippen molar-refractivity contribution in [2.24, 2.45) is 5.73 Å². The largest absolute Gasteiger partial charge is 0.326 e. The standard InChI is InChI=1S/C10H12BrN3O/c1-6-2-3-8(11)13-10(6)14-5-7(12)4-9(14)15/h2-3,7H,4-5,12H2,1H3. The van der Waals surface area contributed by atoms with E-state index in [4.69, 9.17) is 5.73 Å². The van der Waals surface area contributed by atoms with Gasteiger partial charge in [-0.15, -0.1) is 0 Å². The second kappa shape index (κ2) is 3.90. The molecule has 15 heavy (non-hydrogen) atoms. The van der Waals surface area contributed by atoms with Crippen LogP contribution in [0.15, 0.2) is 16.7 Å². The first-order valence-corrected chi connectivity index (χ1v) is 5.56. The molecule has 1 amide bonds. The predicted molar refractivity (Wildman–Crippen MR) is 61.6 cm³/mol. The number of hydrogen-bond acceptors (Lipinski definition) is 3. The van der Waals surface area contributed by atoms with Crippen LogP contribution in [-0.4, -0.2) is 23.5 Å². The molecule has 2 N–H and O–H groups in total. The molecule has 1 aliphatic rings. The van der Waals surface area contributed by atoms with E-state index in [0.29, 0.717) is 18.8 Å². The van der Waals surface area contributed by atoms with Crippen LogP contribution in [0.4, 0.5) is 5.82 Å². The third-order valence-corrected chi connectivity index (χ3v) is 2.89. The Morgan fingerprint density at radius 1 is 1.60 bits per heavy atom. The fraction of sp³-hybridized carbons (Fsp3) is 0.400. The molecule has 1 atom stereocenters. The maximum absolute atomic E-state index is 11.6. The third kappa shape index (κ3) is 2.03. The fourth-order valence-corrected chi connectivity index (χ4v) is 2.01. The van der Waals surface area contributed by atoms with Crippen molar-refractivity contribution in [3.8, 4) is 0 Å². The monoisotopic (exact) mass is 269 g/mol. The van der Waals surface area contributed by atoms with Gasteiger partial charge in [-0.3, -0.25) is 9.69 Å². The van der Waals surface area contributed by atoms with Gasteiger partial charge in [0.2, 0.25) is 5.91 Å². The van der Waals surface area contributed by atoms with E-state index in [1.165, 1.54) is 0 Å². The van der Waals surface area contributed by atoms with Gasteiger partial charge in [0.25, 0.3) is 0 Å². The number of pyridine rings is 1. The summed E-state index contributed by atoms with van der Waals surface area (Å²) in [7, 11) is 0. The molecule has 2 heterocycles. The van der Waals surface area contributed by atoms with Gasteiger partial charge in [-0.25, -0.2) is 4.98 Å². The number of amides is 1. The van der Waals surface area contributed by atoms with Crippen molar-refractivity contribution >= 4 is 27.7 Å². The minimum atomic E-state index is -0.0716. The van der Waals surface area contributed by atoms with Crippen molar-refractivity contribution in [2.45, 2.75) is 19.4 Å². The minimum absolute atomic E-state index is 0.0520. The van der Waals surface area contributed by atoms with Crippen LogP contribution >= 0.6 is 15.9 Å². The van der Waals surface area contributed by atoms with Gasteiger partial charge >= 0.3 is 0 Å². The zero-order valence-corrected chi connectivity index (χ0v) is 9.99. The zero-order valence-electron chi connectivity index (χ0n) is 8.40. The quantitative estimate of drug-likeness (QED) is 0.780. The predicted octanol–water partition coefficient (Wildman–Crippen LogP) is 1.22. The van der Waals surface area contributed by atoms with Crippen molar-refractivity contribution in [1.29, 1.82) is 0 Å². The molecule has 5 heteroatoms. The lowest BCUT2D eigenvalue weighted by Crippen LogP contribution is -2.29. The van der Waals surface area contributed by atoms with E-state index in [1.54, 1.807) is 4.90 Å². The van der Waals surface area contributed by atoms with Gasteiger partial charge < -0.3 is 5.73 Å². The second-order valence-electron chi connectivity index (χ2n) is 3.74. The van der Waals surface area contributed by atoms with Crippen LogP contribution in [0.25, 0.3) is 0 Å². The molecule has 0 radical (unpaired) electrons. The lowest BCUT2D eigenvalue weighted by molar-refractivity contribution is -0.117. The number of rotatable bonds is 1. The molecule has 1 aromatic heterocycles. The van der Waals surface area contributed by atoms with Gasteiger partial charge in [0.05, 0.1) is 0 Å². The molecule has 1 saturated heterocycles. The highest BCUT2D eigenvalue weighted by atomic mass is 79.9. The first-order chi connectivity index (χ1) is 7.08. The van der Waals surface area contributed by atoms with E-state index < -0.39 is 0 Å². The van der Waals surface area contributed by atoms with Gasteiger partial charge in [-0.1, -0.05) is 6.07 Å². The summed E-state index contributed by atoms with van der Waals surface area (Å²) < 4.78 is 0.733. The topological polar surface area (TPSA) is 59.2 Å². The first kappa shape index (κ1) is 10.6. The summed E-state index contributed by atoms with van der Waals surface area (Å²) in [6.45, 7) is 2.50. The van der Waals surface area contributed by atoms with Gasteiger partial charge in [-0.05, 0) is 34.5 Å². The Morgan fingerprint density at radius 2 is 2.33 bits per heavy atom. The maximum atomic E-state index is 11.6. The highest BCUT2D eigenvalue weighted by molar-refractivity contribution is 9.10. The maximum Gasteiger partial charge on any atom is 0.229 e. The highest BCUT2D eigenvalue weighted by Gasteiger charge is 2.29. The van der Waals surface area contributed by atoms with Crippen LogP contribution in [0, 0.1) is 6.92 Å². The van der Waals surface area contributed by atoms with Crippen LogP contribution in [0.1, 0.15) is 12.0 Å². The highest BCUT2D eigenvalue weighted by Crippen LogP contribution is 2.24. The Balaban J connectivity index is 2.37. The average Bonchev–Trinajstić information content (AvgIpc) is 2.50. The van der Waals surface area contributed by atoms with Crippen LogP contribution in [-0.2, 0) is 4.79 Å². The third-order valence-electron chi connectivity index (χ3n) is 2.45. The van der Waals surface area contributed by atoms with Crippen molar-refractivity contribution in [3.05, 3.63) is 22.3 Å². The SMILES string of the molecule is Cc1ccc(Br)nc1N1CC(N)CC1=O. The smallest absolute Gasteiger partial charge is 0.229 e. The van der Waals surface area contributed by atoms with Crippen molar-refractivity contribution < 1.29 is 4.79 Å². The molecule has 1 aliphatic heterocycles. The van der Waals surface area contributed by atoms with E-state index in [-0.39, 0.29) is 11.9 Å². The summed E-state index contributed by atoms with van der Waals surface area (Å²) in [5.74, 6) is 0.763. The number of hydrogen-bond donors (Lipinski definition) is 1. The normalized spacial score (nSPS) is 21.1. The zero-order chi connectivity index (χ0) is 11.0. The minimum Gasteiger partial charge on any atom is -0.326 e. The van der Waals surface area contributed by atoms with E-state index in [9.17, 15) is 4.79 Å². The molecular formula is C10H12BrN3O. The van der Waals surface area contributed by atoms with Crippen LogP contribution < -0.4 is 10.6 Å². The Morgan fingerprint density at radius 3 is 2.93 bits per heavy atom. The Hall–Kier alpha value is -0.940. The number of carbonyl (C=O) groups is 1. The van der Waals surface area contributed by atoms with Crippen LogP contribution in [0.5, 0.6) is 0 Å². The van der Waals surface area contributed by atoms with E-state index in [1.807, 2.05) is 19.1 Å². The Labute approximate surface area is 96.6 Å². The summed E-state index contributed by atoms with van der Waals surface area (Å²) in [6, 6.07) is 3.72. The van der Waals surface area contributed by atoms with E-state index in [2.05, 4.69) is 20.9 Å². The van der Waals surface area contributed by atoms with E-state index in [0.717, 1.165) is 10.2 Å². The summed E-state index contributed by atoms with van der Waals surface area (Å²) in [5, 5.41) is 0. The number of halogens is 1. The van der Waals surface area contributed by atoms with Crippen molar-refractivity contribution in [1.82, 2.24) is 4.98 Å². The molecular weight excluding hydrogens is 258 g/mol. The molecule has 0 bridgehead atoms. The van der Waals surface area contributed by atoms with Crippen molar-refractivity contribution in [3.63, 3.8) is 0 Å². The molecule has 1 unspecified atom stereocenters. The van der Waals surface area contributed by atoms with Crippen LogP contribution in [0.3, 0.4) is 0 Å². The van der Waals surface area contributed by atoms with Crippen LogP contribution in [0.2, 0.25) is 0 Å². The van der Waals surface area contributed by atoms with Crippen molar-refractivity contribution in [2.75, 3.05) is 11.4 Å². The molecule has 0 aromatic carbocycles. The number of aryl methyl sites for hydroxylation is 1. The number of nitrogens with zero attached hydrogens (tertiary/aromatic N) is 2. The molecule has 0 aliphatic carbocycles. The molecule has 0 spiro atoms. The number of carbonyl (C=O) groups excluding carboxylic acids is 1. The lowest BCUT2D eigenvalue weighted by atomic mass is 10.3. The summed E-state index contributed by atoms with van der Waals surface area (Å²) in [4.78, 5) is 17.6. The number of nitrogens with two attached hydrogens (primary N) is 1. The summed E-state index contributed by atoms with van der Waals surface area (Å²) >= 11 is 3.30. The average molecular weight is 270 g/mol. The number of aromatic nitrogens is 1. The summed E-state index contributed by atoms with van der Waals surface area (Å²) in [5.41, 5.74) is 6.73. The lowest BCUT2D eigenvalue weighted by Gasteiger charge is -2.17. The molecule has 4 nitrogen and oxygen atoms in total. The van der Waals surface area contributed by atoms with Gasteiger partial charge in [0, 0.05) is 19.0 Å². The van der Waals surface area contributed by atoms with E-state index >= 15 is 0 Å². The van der Waals surface area contributed by atoms with Gasteiger partial charge in [-0.2, -0.15) is 0 Å². The Kier molecular flexibility index (Phi) is 2.75. The Bertz CT molecular complexity index is 408. The first-order valence-electron chi connectivity index (χ1n) is 4.77. The number of anilines is 1. The molecule has 1 fully saturated rings. The molecule has 0 saturated carbocycles. The van der Waals surface area contributed by atoms with Gasteiger partial charge in [0.15, 0.2) is 0 Å². The molecule has 2 rings (SSSR count). The second-order valence-corrected chi connectivity index (χ2v) is 4.56. The molecule has 1 aromatic rings.